The van der Waals surface area contributed by atoms with Crippen molar-refractivity contribution >= 4 is 47.2 Å². The minimum absolute atomic E-state index is 0.443. The third kappa shape index (κ3) is 10.5. The number of nitro groups is 1. The van der Waals surface area contributed by atoms with Crippen molar-refractivity contribution in [2.45, 2.75) is 65.3 Å². The lowest BCUT2D eigenvalue weighted by atomic mass is 10.00. The predicted octanol–water partition coefficient (Wildman–Crippen LogP) is 0.313. The smallest absolute Gasteiger partial charge is 0.335 e. The number of carbonyl (C=O) groups excluding carboxylic acids is 5. The standard InChI is InChI=1S/C23H28N2O15/c1-10(26)36-9-18(37-11(2)27)19(38-12(3)28)20(39-13(4)29)21(40-14(5)30)22(31)24-16-7-6-15(23(32)33)8-17(16)25(34)35/h6-8,18-22,24,31H,9H2,1-5H3,(H,32,33)/t18-,19-,20+,21-,22?/m1/s1. The monoisotopic (exact) mass is 572 g/mol. The average molecular weight is 572 g/mol. The van der Waals surface area contributed by atoms with Crippen LogP contribution in [0, 0.1) is 10.1 Å². The predicted molar refractivity (Wildman–Crippen MR) is 129 cm³/mol. The molecule has 1 aromatic rings. The van der Waals surface area contributed by atoms with Crippen LogP contribution in [0.25, 0.3) is 0 Å². The third-order valence-electron chi connectivity index (χ3n) is 4.74. The Morgan fingerprint density at radius 1 is 0.825 bits per heavy atom. The van der Waals surface area contributed by atoms with Crippen LogP contribution in [0.5, 0.6) is 0 Å². The Kier molecular flexibility index (Phi) is 12.4. The molecule has 0 heterocycles. The highest BCUT2D eigenvalue weighted by Crippen LogP contribution is 2.29. The van der Waals surface area contributed by atoms with Crippen molar-refractivity contribution in [3.05, 3.63) is 33.9 Å². The molecule has 0 saturated heterocycles. The van der Waals surface area contributed by atoms with Crippen molar-refractivity contribution in [2.75, 3.05) is 11.9 Å². The van der Waals surface area contributed by atoms with Gasteiger partial charge in [0.25, 0.3) is 5.69 Å². The maximum atomic E-state index is 12.0. The molecular weight excluding hydrogens is 544 g/mol. The lowest BCUT2D eigenvalue weighted by molar-refractivity contribution is -0.384. The topological polar surface area (TPSA) is 244 Å². The zero-order valence-electron chi connectivity index (χ0n) is 22.0. The van der Waals surface area contributed by atoms with E-state index in [4.69, 9.17) is 28.8 Å². The number of nitro benzene ring substituents is 1. The van der Waals surface area contributed by atoms with E-state index in [1.165, 1.54) is 0 Å². The average Bonchev–Trinajstić information content (AvgIpc) is 2.81. The van der Waals surface area contributed by atoms with Gasteiger partial charge in [0, 0.05) is 40.7 Å². The number of hydrogen-bond donors (Lipinski definition) is 3. The SMILES string of the molecule is CC(=O)OC[C@@H](OC(C)=O)[C@@H](OC(C)=O)[C@H](OC(C)=O)[C@@H](OC(C)=O)C(O)Nc1ccc(C(=O)O)cc1[N+](=O)[O-]. The van der Waals surface area contributed by atoms with Crippen molar-refractivity contribution in [3.63, 3.8) is 0 Å². The number of carboxylic acids is 1. The second kappa shape index (κ2) is 15.0. The van der Waals surface area contributed by atoms with Crippen molar-refractivity contribution in [3.8, 4) is 0 Å². The van der Waals surface area contributed by atoms with E-state index >= 15 is 0 Å². The van der Waals surface area contributed by atoms with Gasteiger partial charge in [-0.2, -0.15) is 0 Å². The molecule has 0 spiro atoms. The summed E-state index contributed by atoms with van der Waals surface area (Å²) in [7, 11) is 0. The van der Waals surface area contributed by atoms with Gasteiger partial charge in [-0.05, 0) is 12.1 Å². The van der Waals surface area contributed by atoms with Crippen molar-refractivity contribution in [1.29, 1.82) is 0 Å². The van der Waals surface area contributed by atoms with Crippen LogP contribution in [-0.4, -0.2) is 88.2 Å². The van der Waals surface area contributed by atoms with Crippen LogP contribution in [-0.2, 0) is 47.7 Å². The summed E-state index contributed by atoms with van der Waals surface area (Å²) in [5.41, 5.74) is -1.69. The van der Waals surface area contributed by atoms with Gasteiger partial charge < -0.3 is 39.2 Å². The van der Waals surface area contributed by atoms with Crippen LogP contribution in [0.2, 0.25) is 0 Å². The Morgan fingerprint density at radius 2 is 1.32 bits per heavy atom. The van der Waals surface area contributed by atoms with Crippen LogP contribution in [0.3, 0.4) is 0 Å². The second-order valence-corrected chi connectivity index (χ2v) is 8.06. The first kappa shape index (κ1) is 33.2. The van der Waals surface area contributed by atoms with E-state index in [0.717, 1.165) is 46.8 Å². The zero-order valence-corrected chi connectivity index (χ0v) is 22.0. The molecule has 1 unspecified atom stereocenters. The third-order valence-corrected chi connectivity index (χ3v) is 4.74. The number of esters is 5. The number of anilines is 1. The first-order valence-corrected chi connectivity index (χ1v) is 11.3. The molecule has 17 heteroatoms. The number of aliphatic hydroxyl groups excluding tert-OH is 1. The molecule has 17 nitrogen and oxygen atoms in total. The van der Waals surface area contributed by atoms with E-state index < -0.39 is 94.9 Å². The van der Waals surface area contributed by atoms with E-state index in [2.05, 4.69) is 5.32 Å². The molecule has 220 valence electrons. The maximum absolute atomic E-state index is 12.0. The highest BCUT2D eigenvalue weighted by atomic mass is 16.6. The van der Waals surface area contributed by atoms with E-state index in [1.807, 2.05) is 0 Å². The highest BCUT2D eigenvalue weighted by Gasteiger charge is 2.47. The van der Waals surface area contributed by atoms with Crippen LogP contribution < -0.4 is 5.32 Å². The van der Waals surface area contributed by atoms with E-state index in [1.54, 1.807) is 0 Å². The Morgan fingerprint density at radius 3 is 1.77 bits per heavy atom. The molecule has 0 bridgehead atoms. The number of nitrogens with zero attached hydrogens (tertiary/aromatic N) is 1. The Hall–Kier alpha value is -4.80. The number of nitrogens with one attached hydrogen (secondary N) is 1. The second-order valence-electron chi connectivity index (χ2n) is 8.06. The molecule has 1 rings (SSSR count). The molecule has 0 saturated carbocycles. The fraction of sp³-hybridized carbons (Fsp3) is 0.478. The normalized spacial score (nSPS) is 14.2. The first-order valence-electron chi connectivity index (χ1n) is 11.3. The number of benzene rings is 1. The summed E-state index contributed by atoms with van der Waals surface area (Å²) in [5, 5.41) is 33.9. The molecular formula is C23H28N2O15. The van der Waals surface area contributed by atoms with Gasteiger partial charge in [-0.15, -0.1) is 0 Å². The highest BCUT2D eigenvalue weighted by molar-refractivity contribution is 5.89. The fourth-order valence-corrected chi connectivity index (χ4v) is 3.35. The summed E-state index contributed by atoms with van der Waals surface area (Å²) in [6.45, 7) is 3.99. The number of aromatic carboxylic acids is 1. The van der Waals surface area contributed by atoms with E-state index in [-0.39, 0.29) is 0 Å². The molecule has 1 aromatic carbocycles. The molecule has 0 fully saturated rings. The molecule has 0 aliphatic rings. The number of carbonyl (C=O) groups is 6. The summed E-state index contributed by atoms with van der Waals surface area (Å²) in [5.74, 6) is -6.41. The van der Waals surface area contributed by atoms with Gasteiger partial charge in [0.05, 0.1) is 10.5 Å². The van der Waals surface area contributed by atoms with Crippen LogP contribution in [0.4, 0.5) is 11.4 Å². The van der Waals surface area contributed by atoms with E-state index in [9.17, 15) is 44.0 Å². The number of carboxylic acid groups (broad SMARTS) is 1. The number of aliphatic hydroxyl groups is 1. The van der Waals surface area contributed by atoms with Crippen LogP contribution in [0.1, 0.15) is 45.0 Å². The summed E-state index contributed by atoms with van der Waals surface area (Å²) >= 11 is 0. The lowest BCUT2D eigenvalue weighted by Gasteiger charge is -2.37. The Labute approximate surface area is 226 Å². The van der Waals surface area contributed by atoms with Crippen LogP contribution >= 0.6 is 0 Å². The van der Waals surface area contributed by atoms with Gasteiger partial charge >= 0.3 is 35.8 Å². The van der Waals surface area contributed by atoms with Gasteiger partial charge in [-0.25, -0.2) is 4.79 Å². The minimum Gasteiger partial charge on any atom is -0.478 e. The van der Waals surface area contributed by atoms with Gasteiger partial charge in [-0.1, -0.05) is 0 Å². The first-order chi connectivity index (χ1) is 18.5. The molecule has 5 atom stereocenters. The lowest BCUT2D eigenvalue weighted by Crippen LogP contribution is -2.57. The summed E-state index contributed by atoms with van der Waals surface area (Å²) in [4.78, 5) is 80.9. The zero-order chi connectivity index (χ0) is 30.7. The van der Waals surface area contributed by atoms with Crippen molar-refractivity contribution in [2.24, 2.45) is 0 Å². The van der Waals surface area contributed by atoms with Gasteiger partial charge in [0.2, 0.25) is 0 Å². The molecule has 3 N–H and O–H groups in total. The van der Waals surface area contributed by atoms with Gasteiger partial charge in [0.15, 0.2) is 30.6 Å². The molecule has 0 aliphatic heterocycles. The summed E-state index contributed by atoms with van der Waals surface area (Å²) in [6, 6.07) is 2.62. The number of hydrogen-bond acceptors (Lipinski definition) is 15. The Bertz CT molecular complexity index is 1150. The molecule has 0 amide bonds. The number of ether oxygens (including phenoxy) is 5. The van der Waals surface area contributed by atoms with Crippen molar-refractivity contribution in [1.82, 2.24) is 0 Å². The van der Waals surface area contributed by atoms with Crippen molar-refractivity contribution < 1.29 is 67.6 Å². The number of rotatable bonds is 14. The molecule has 0 aromatic heterocycles. The fourth-order valence-electron chi connectivity index (χ4n) is 3.35. The van der Waals surface area contributed by atoms with Crippen LogP contribution in [0.15, 0.2) is 18.2 Å². The Balaban J connectivity index is 3.68. The summed E-state index contributed by atoms with van der Waals surface area (Å²) < 4.78 is 25.5. The largest absolute Gasteiger partial charge is 0.478 e. The minimum atomic E-state index is -2.16. The molecule has 40 heavy (non-hydrogen) atoms. The van der Waals surface area contributed by atoms with Gasteiger partial charge in [-0.3, -0.25) is 34.1 Å². The quantitative estimate of drug-likeness (QED) is 0.0892. The molecule has 0 aliphatic carbocycles. The maximum Gasteiger partial charge on any atom is 0.335 e. The van der Waals surface area contributed by atoms with E-state index in [0.29, 0.717) is 6.07 Å². The molecule has 0 radical (unpaired) electrons. The summed E-state index contributed by atoms with van der Waals surface area (Å²) in [6.07, 6.45) is -9.67. The van der Waals surface area contributed by atoms with Gasteiger partial charge in [0.1, 0.15) is 12.3 Å².